The van der Waals surface area contributed by atoms with Gasteiger partial charge in [-0.3, -0.25) is 5.10 Å². The fraction of sp³-hybridized carbons (Fsp3) is 0.458. The zero-order chi connectivity index (χ0) is 23.7. The topological polar surface area (TPSA) is 117 Å². The Morgan fingerprint density at radius 1 is 1.32 bits per heavy atom. The number of anilines is 3. The number of carbonyl (C=O) groups is 1. The highest BCUT2D eigenvalue weighted by atomic mass is 16.5. The fourth-order valence-corrected chi connectivity index (χ4v) is 4.33. The Balaban J connectivity index is 0.000000227. The minimum atomic E-state index is 0.0869. The zero-order valence-corrected chi connectivity index (χ0v) is 19.8. The van der Waals surface area contributed by atoms with E-state index < -0.39 is 0 Å². The predicted molar refractivity (Wildman–Crippen MR) is 128 cm³/mol. The van der Waals surface area contributed by atoms with Crippen molar-refractivity contribution < 1.29 is 9.32 Å². The van der Waals surface area contributed by atoms with Gasteiger partial charge in [0.15, 0.2) is 11.6 Å². The number of hydrogen-bond donors (Lipinski definition) is 2. The number of H-pyrrole nitrogens is 1. The monoisotopic (exact) mass is 462 g/mol. The van der Waals surface area contributed by atoms with Gasteiger partial charge in [-0.2, -0.15) is 10.1 Å². The lowest BCUT2D eigenvalue weighted by Crippen LogP contribution is -2.39. The molecule has 4 aromatic heterocycles. The highest BCUT2D eigenvalue weighted by molar-refractivity contribution is 5.73. The molecule has 1 aliphatic carbocycles. The zero-order valence-electron chi connectivity index (χ0n) is 19.8. The second-order valence-corrected chi connectivity index (χ2v) is 9.58. The van der Waals surface area contributed by atoms with E-state index in [-0.39, 0.29) is 5.54 Å². The first-order valence-corrected chi connectivity index (χ1v) is 11.7. The molecule has 0 spiro atoms. The molecule has 6 rings (SSSR count). The third-order valence-electron chi connectivity index (χ3n) is 6.34. The van der Waals surface area contributed by atoms with Gasteiger partial charge in [-0.25, -0.2) is 4.52 Å². The van der Waals surface area contributed by atoms with Gasteiger partial charge in [0.25, 0.3) is 0 Å². The van der Waals surface area contributed by atoms with Crippen molar-refractivity contribution in [3.05, 3.63) is 47.6 Å². The lowest BCUT2D eigenvalue weighted by atomic mass is 10.0. The molecule has 0 atom stereocenters. The number of aldehydes is 1. The third kappa shape index (κ3) is 4.66. The molecular weight excluding hydrogens is 432 g/mol. The number of aryl methyl sites for hydroxylation is 1. The molecular formula is C24H30N8O2. The fourth-order valence-electron chi connectivity index (χ4n) is 4.33. The normalized spacial score (nSPS) is 17.0. The summed E-state index contributed by atoms with van der Waals surface area (Å²) in [6.45, 7) is 7.32. The first kappa shape index (κ1) is 22.1. The van der Waals surface area contributed by atoms with Crippen LogP contribution in [0.5, 0.6) is 0 Å². The maximum Gasteiger partial charge on any atom is 0.246 e. The van der Waals surface area contributed by atoms with E-state index in [9.17, 15) is 4.79 Å². The number of carbonyl (C=O) groups excluding carboxylic acids is 1. The summed E-state index contributed by atoms with van der Waals surface area (Å²) in [5, 5.41) is 19.2. The SMILES string of the molecule is CC1(C)CCCN1c1nc(Nc2cc(C3CC3)[nH]n2)c2cccn2n1.Cc1cc(CC=O)on1. The molecule has 5 heterocycles. The molecule has 0 amide bonds. The van der Waals surface area contributed by atoms with E-state index in [0.717, 1.165) is 48.0 Å². The minimum absolute atomic E-state index is 0.0869. The maximum atomic E-state index is 9.90. The number of nitrogens with one attached hydrogen (secondary N) is 2. The van der Waals surface area contributed by atoms with Crippen LogP contribution in [0.1, 0.15) is 62.6 Å². The van der Waals surface area contributed by atoms with Crippen molar-refractivity contribution in [3.8, 4) is 0 Å². The highest BCUT2D eigenvalue weighted by Crippen LogP contribution is 2.40. The Hall–Kier alpha value is -3.69. The molecule has 1 saturated heterocycles. The van der Waals surface area contributed by atoms with Crippen LogP contribution in [0.2, 0.25) is 0 Å². The van der Waals surface area contributed by atoms with Crippen molar-refractivity contribution in [1.29, 1.82) is 0 Å². The van der Waals surface area contributed by atoms with E-state index in [1.807, 2.05) is 29.8 Å². The van der Waals surface area contributed by atoms with Crippen molar-refractivity contribution in [2.75, 3.05) is 16.8 Å². The second-order valence-electron chi connectivity index (χ2n) is 9.58. The van der Waals surface area contributed by atoms with Crippen molar-refractivity contribution in [2.24, 2.45) is 0 Å². The molecule has 4 aromatic rings. The average Bonchev–Trinajstić information content (AvgIpc) is 3.15. The summed E-state index contributed by atoms with van der Waals surface area (Å²) in [7, 11) is 0. The molecule has 2 N–H and O–H groups in total. The minimum Gasteiger partial charge on any atom is -0.361 e. The molecule has 0 radical (unpaired) electrons. The van der Waals surface area contributed by atoms with E-state index in [4.69, 9.17) is 14.6 Å². The Morgan fingerprint density at radius 3 is 2.85 bits per heavy atom. The van der Waals surface area contributed by atoms with E-state index in [1.54, 1.807) is 6.07 Å². The van der Waals surface area contributed by atoms with E-state index in [0.29, 0.717) is 18.1 Å². The van der Waals surface area contributed by atoms with Crippen LogP contribution in [0.4, 0.5) is 17.6 Å². The summed E-state index contributed by atoms with van der Waals surface area (Å²) in [4.78, 5) is 17.0. The van der Waals surface area contributed by atoms with Gasteiger partial charge in [-0.05, 0) is 58.6 Å². The van der Waals surface area contributed by atoms with E-state index in [1.165, 1.54) is 25.0 Å². The van der Waals surface area contributed by atoms with Crippen molar-refractivity contribution in [1.82, 2.24) is 30.0 Å². The van der Waals surface area contributed by atoms with Gasteiger partial charge in [0.1, 0.15) is 17.6 Å². The number of aromatic nitrogens is 6. The quantitative estimate of drug-likeness (QED) is 0.410. The van der Waals surface area contributed by atoms with Gasteiger partial charge < -0.3 is 19.5 Å². The summed E-state index contributed by atoms with van der Waals surface area (Å²) >= 11 is 0. The molecule has 2 fully saturated rings. The molecule has 0 unspecified atom stereocenters. The average molecular weight is 463 g/mol. The van der Waals surface area contributed by atoms with E-state index in [2.05, 4.69) is 45.5 Å². The Bertz CT molecular complexity index is 1280. The molecule has 0 bridgehead atoms. The van der Waals surface area contributed by atoms with Crippen LogP contribution in [-0.4, -0.2) is 48.3 Å². The van der Waals surface area contributed by atoms with E-state index >= 15 is 0 Å². The van der Waals surface area contributed by atoms with Gasteiger partial charge in [0, 0.05) is 42.0 Å². The maximum absolute atomic E-state index is 9.90. The van der Waals surface area contributed by atoms with Gasteiger partial charge >= 0.3 is 0 Å². The molecule has 10 heteroatoms. The molecule has 1 aliphatic heterocycles. The smallest absolute Gasteiger partial charge is 0.246 e. The molecule has 34 heavy (non-hydrogen) atoms. The molecule has 10 nitrogen and oxygen atoms in total. The number of fused-ring (bicyclic) bond motifs is 1. The van der Waals surface area contributed by atoms with Gasteiger partial charge in [0.05, 0.1) is 12.1 Å². The van der Waals surface area contributed by atoms with Crippen LogP contribution in [0, 0.1) is 6.92 Å². The number of nitrogens with zero attached hydrogens (tertiary/aromatic N) is 6. The summed E-state index contributed by atoms with van der Waals surface area (Å²) in [6.07, 6.45) is 7.92. The van der Waals surface area contributed by atoms with Crippen LogP contribution in [0.15, 0.2) is 35.0 Å². The predicted octanol–water partition coefficient (Wildman–Crippen LogP) is 4.18. The summed E-state index contributed by atoms with van der Waals surface area (Å²) in [5.41, 5.74) is 3.07. The molecule has 0 aromatic carbocycles. The van der Waals surface area contributed by atoms with Gasteiger partial charge in [-0.15, -0.1) is 5.10 Å². The Morgan fingerprint density at radius 2 is 2.18 bits per heavy atom. The lowest BCUT2D eigenvalue weighted by molar-refractivity contribution is -0.107. The third-order valence-corrected chi connectivity index (χ3v) is 6.34. The van der Waals surface area contributed by atoms with Gasteiger partial charge in [0.2, 0.25) is 5.95 Å². The number of aromatic amines is 1. The van der Waals surface area contributed by atoms with Crippen LogP contribution in [0.3, 0.4) is 0 Å². The Labute approximate surface area is 197 Å². The first-order chi connectivity index (χ1) is 16.4. The standard InChI is InChI=1S/C18H23N7.C6H7NO2/c1-18(2)8-4-9-24(18)17-20-16(14-5-3-10-25(14)23-17)19-15-11-13(21-22-15)12-6-7-12;1-5-4-6(2-3-8)9-7-5/h3,5,10-12H,4,6-9H2,1-2H3,(H2,19,20,21,22,23);3-4H,2H2,1H3. The highest BCUT2D eigenvalue weighted by Gasteiger charge is 2.34. The van der Waals surface area contributed by atoms with Crippen LogP contribution >= 0.6 is 0 Å². The Kier molecular flexibility index (Phi) is 5.80. The second kappa shape index (κ2) is 8.92. The van der Waals surface area contributed by atoms with Crippen molar-refractivity contribution >= 4 is 29.4 Å². The van der Waals surface area contributed by atoms with Gasteiger partial charge in [-0.1, -0.05) is 5.16 Å². The van der Waals surface area contributed by atoms with Crippen molar-refractivity contribution in [3.63, 3.8) is 0 Å². The van der Waals surface area contributed by atoms with Crippen LogP contribution in [-0.2, 0) is 11.2 Å². The molecule has 1 saturated carbocycles. The summed E-state index contributed by atoms with van der Waals surface area (Å²) < 4.78 is 6.62. The first-order valence-electron chi connectivity index (χ1n) is 11.7. The van der Waals surface area contributed by atoms with Crippen molar-refractivity contribution in [2.45, 2.75) is 64.3 Å². The lowest BCUT2D eigenvalue weighted by Gasteiger charge is -2.31. The number of rotatable bonds is 6. The summed E-state index contributed by atoms with van der Waals surface area (Å²) in [5.74, 6) is 3.67. The summed E-state index contributed by atoms with van der Waals surface area (Å²) in [6, 6.07) is 7.86. The largest absolute Gasteiger partial charge is 0.361 e. The molecule has 2 aliphatic rings. The van der Waals surface area contributed by atoms with Crippen LogP contribution in [0.25, 0.3) is 5.52 Å². The number of hydrogen-bond acceptors (Lipinski definition) is 8. The molecule has 178 valence electrons. The van der Waals surface area contributed by atoms with Crippen LogP contribution < -0.4 is 10.2 Å².